The lowest BCUT2D eigenvalue weighted by molar-refractivity contribution is 0.318. The van der Waals surface area contributed by atoms with E-state index in [1.807, 2.05) is 18.2 Å². The summed E-state index contributed by atoms with van der Waals surface area (Å²) in [4.78, 5) is 0. The molecule has 0 saturated carbocycles. The molecule has 0 aromatic heterocycles. The van der Waals surface area contributed by atoms with E-state index in [4.69, 9.17) is 25.5 Å². The van der Waals surface area contributed by atoms with Crippen molar-refractivity contribution in [2.45, 2.75) is 41.5 Å². The Balaban J connectivity index is -0.0000000563. The highest BCUT2D eigenvalue weighted by Gasteiger charge is 1.72. The van der Waals surface area contributed by atoms with E-state index in [1.54, 1.807) is 34.6 Å². The van der Waals surface area contributed by atoms with E-state index in [2.05, 4.69) is 19.1 Å². The Morgan fingerprint density at radius 2 is 0.727 bits per heavy atom. The quantitative estimate of drug-likeness (QED) is 0.503. The zero-order valence-corrected chi connectivity index (χ0v) is 15.2. The molecule has 136 valence electrons. The van der Waals surface area contributed by atoms with Crippen LogP contribution >= 0.6 is 0 Å². The molecule has 5 nitrogen and oxygen atoms in total. The summed E-state index contributed by atoms with van der Waals surface area (Å²) < 4.78 is 0. The fraction of sp³-hybridized carbons (Fsp3) is 0.647. The first-order valence-corrected chi connectivity index (χ1v) is 7.53. The molecule has 0 unspecified atom stereocenters. The number of hydrogen-bond donors (Lipinski definition) is 5. The van der Waals surface area contributed by atoms with Crippen molar-refractivity contribution in [2.24, 2.45) is 0 Å². The van der Waals surface area contributed by atoms with Crippen LogP contribution in [0, 0.1) is 6.92 Å². The van der Waals surface area contributed by atoms with Crippen LogP contribution in [0.2, 0.25) is 0 Å². The maximum absolute atomic E-state index is 7.57. The van der Waals surface area contributed by atoms with Gasteiger partial charge in [-0.3, -0.25) is 0 Å². The second kappa shape index (κ2) is 50.1. The molecule has 1 rings (SSSR count). The summed E-state index contributed by atoms with van der Waals surface area (Å²) in [6.07, 6.45) is 0. The Morgan fingerprint density at radius 3 is 0.818 bits per heavy atom. The molecule has 0 aliphatic heterocycles. The van der Waals surface area contributed by atoms with Crippen LogP contribution in [0.5, 0.6) is 0 Å². The molecule has 0 aliphatic carbocycles. The van der Waals surface area contributed by atoms with Crippen LogP contribution in [0.3, 0.4) is 0 Å². The molecule has 0 fully saturated rings. The summed E-state index contributed by atoms with van der Waals surface area (Å²) in [5.74, 6) is 0. The number of rotatable bonds is 0. The highest BCUT2D eigenvalue weighted by Crippen LogP contribution is 1.92. The second-order valence-corrected chi connectivity index (χ2v) is 3.24. The topological polar surface area (TPSA) is 101 Å². The Morgan fingerprint density at radius 1 is 0.545 bits per heavy atom. The third-order valence-corrected chi connectivity index (χ3v) is 0.940. The minimum atomic E-state index is 0.250. The standard InChI is InChI=1S/C7H8.5C2H6O/c1-7-5-3-2-4-6-7;5*1-2-3/h2-6H,1H3;5*3H,2H2,1H3. The molecule has 1 aromatic carbocycles. The molecule has 1 aromatic rings. The van der Waals surface area contributed by atoms with Crippen LogP contribution in [0.15, 0.2) is 30.3 Å². The van der Waals surface area contributed by atoms with Gasteiger partial charge in [0.2, 0.25) is 0 Å². The lowest BCUT2D eigenvalue weighted by Crippen LogP contribution is -1.62. The fourth-order valence-corrected chi connectivity index (χ4v) is 0.534. The molecule has 0 saturated heterocycles. The molecule has 22 heavy (non-hydrogen) atoms. The van der Waals surface area contributed by atoms with Gasteiger partial charge in [0.05, 0.1) is 0 Å². The number of aryl methyl sites for hydroxylation is 1. The smallest absolute Gasteiger partial charge is 0.0402 e. The maximum Gasteiger partial charge on any atom is 0.0402 e. The van der Waals surface area contributed by atoms with Gasteiger partial charge in [0.1, 0.15) is 0 Å². The van der Waals surface area contributed by atoms with Crippen LogP contribution in [0.4, 0.5) is 0 Å². The van der Waals surface area contributed by atoms with Crippen LogP contribution in [0.1, 0.15) is 40.2 Å². The minimum absolute atomic E-state index is 0.250. The van der Waals surface area contributed by atoms with Crippen LogP contribution in [-0.4, -0.2) is 58.6 Å². The Labute approximate surface area is 136 Å². The third-order valence-electron chi connectivity index (χ3n) is 0.940. The Hall–Kier alpha value is -0.980. The predicted molar refractivity (Wildman–Crippen MR) is 95.0 cm³/mol. The van der Waals surface area contributed by atoms with E-state index in [-0.39, 0.29) is 33.0 Å². The van der Waals surface area contributed by atoms with Crippen molar-refractivity contribution in [1.29, 1.82) is 0 Å². The summed E-state index contributed by atoms with van der Waals surface area (Å²) in [5.41, 5.74) is 1.32. The Kier molecular flexibility index (Phi) is 74.8. The lowest BCUT2D eigenvalue weighted by atomic mass is 10.2. The van der Waals surface area contributed by atoms with Gasteiger partial charge >= 0.3 is 0 Å². The van der Waals surface area contributed by atoms with E-state index in [0.717, 1.165) is 0 Å². The van der Waals surface area contributed by atoms with E-state index >= 15 is 0 Å². The average Bonchev–Trinajstić information content (AvgIpc) is 2.44. The second-order valence-electron chi connectivity index (χ2n) is 3.24. The summed E-state index contributed by atoms with van der Waals surface area (Å²) in [6.45, 7) is 11.7. The van der Waals surface area contributed by atoms with Crippen molar-refractivity contribution < 1.29 is 25.5 Å². The SMILES string of the molecule is CCO.CCO.CCO.CCO.CCO.Cc1ccccc1. The summed E-state index contributed by atoms with van der Waals surface area (Å²) >= 11 is 0. The largest absolute Gasteiger partial charge is 0.397 e. The Bertz CT molecular complexity index is 194. The summed E-state index contributed by atoms with van der Waals surface area (Å²) in [7, 11) is 0. The normalized spacial score (nSPS) is 6.86. The third kappa shape index (κ3) is 125. The predicted octanol–water partition coefficient (Wildman–Crippen LogP) is 1.99. The first kappa shape index (κ1) is 32.8. The number of benzene rings is 1. The van der Waals surface area contributed by atoms with Crippen molar-refractivity contribution in [3.63, 3.8) is 0 Å². The van der Waals surface area contributed by atoms with Gasteiger partial charge in [0, 0.05) is 33.0 Å². The molecule has 5 N–H and O–H groups in total. The number of aliphatic hydroxyl groups is 5. The van der Waals surface area contributed by atoms with Gasteiger partial charge in [-0.1, -0.05) is 35.9 Å². The minimum Gasteiger partial charge on any atom is -0.397 e. The summed E-state index contributed by atoms with van der Waals surface area (Å²) in [5, 5.41) is 37.8. The molecule has 0 spiro atoms. The van der Waals surface area contributed by atoms with E-state index < -0.39 is 0 Å². The van der Waals surface area contributed by atoms with E-state index in [1.165, 1.54) is 5.56 Å². The highest BCUT2D eigenvalue weighted by atomic mass is 16.3. The lowest BCUT2D eigenvalue weighted by Gasteiger charge is -1.82. The molecule has 0 bridgehead atoms. The van der Waals surface area contributed by atoms with Gasteiger partial charge in [-0.15, -0.1) is 0 Å². The average molecular weight is 322 g/mol. The van der Waals surface area contributed by atoms with Crippen LogP contribution in [0.25, 0.3) is 0 Å². The molecule has 0 heterocycles. The first-order valence-electron chi connectivity index (χ1n) is 7.53. The molecule has 0 radical (unpaired) electrons. The van der Waals surface area contributed by atoms with Crippen LogP contribution < -0.4 is 0 Å². The zero-order chi connectivity index (χ0) is 18.6. The molecule has 0 atom stereocenters. The first-order chi connectivity index (χ1) is 10.5. The molecular weight excluding hydrogens is 284 g/mol. The van der Waals surface area contributed by atoms with Crippen LogP contribution in [-0.2, 0) is 0 Å². The molecule has 0 aliphatic rings. The van der Waals surface area contributed by atoms with Crippen molar-refractivity contribution in [1.82, 2.24) is 0 Å². The van der Waals surface area contributed by atoms with Gasteiger partial charge in [-0.2, -0.15) is 0 Å². The van der Waals surface area contributed by atoms with Gasteiger partial charge in [-0.25, -0.2) is 0 Å². The van der Waals surface area contributed by atoms with E-state index in [0.29, 0.717) is 0 Å². The number of aliphatic hydroxyl groups excluding tert-OH is 5. The molecule has 0 amide bonds. The maximum atomic E-state index is 7.57. The van der Waals surface area contributed by atoms with E-state index in [9.17, 15) is 0 Å². The summed E-state index contributed by atoms with van der Waals surface area (Å²) in [6, 6.07) is 10.3. The van der Waals surface area contributed by atoms with Gasteiger partial charge in [0.15, 0.2) is 0 Å². The van der Waals surface area contributed by atoms with Crippen molar-refractivity contribution in [2.75, 3.05) is 33.0 Å². The molecule has 5 heteroatoms. The zero-order valence-electron chi connectivity index (χ0n) is 15.2. The monoisotopic (exact) mass is 322 g/mol. The van der Waals surface area contributed by atoms with Gasteiger partial charge in [0.25, 0.3) is 0 Å². The van der Waals surface area contributed by atoms with Crippen molar-refractivity contribution in [3.05, 3.63) is 35.9 Å². The number of hydrogen-bond acceptors (Lipinski definition) is 5. The van der Waals surface area contributed by atoms with Crippen molar-refractivity contribution >= 4 is 0 Å². The van der Waals surface area contributed by atoms with Gasteiger partial charge < -0.3 is 25.5 Å². The van der Waals surface area contributed by atoms with Crippen molar-refractivity contribution in [3.8, 4) is 0 Å². The molecular formula is C17H38O5. The highest BCUT2D eigenvalue weighted by molar-refractivity contribution is 5.11. The van der Waals surface area contributed by atoms with Gasteiger partial charge in [-0.05, 0) is 41.5 Å². The fourth-order valence-electron chi connectivity index (χ4n) is 0.534.